The Labute approximate surface area is 210 Å². The number of sulfonamides is 1. The third-order valence-electron chi connectivity index (χ3n) is 6.67. The molecule has 0 bridgehead atoms. The summed E-state index contributed by atoms with van der Waals surface area (Å²) in [6.07, 6.45) is 6.51. The highest BCUT2D eigenvalue weighted by atomic mass is 32.2. The number of hydrogen-bond donors (Lipinski definition) is 3. The molecule has 12 heteroatoms. The highest BCUT2D eigenvalue weighted by molar-refractivity contribution is 7.89. The van der Waals surface area contributed by atoms with Crippen LogP contribution in [0.4, 0.5) is 16.4 Å². The number of carbonyl (C=O) groups is 1. The highest BCUT2D eigenvalue weighted by Gasteiger charge is 2.31. The molecule has 1 amide bonds. The maximum atomic E-state index is 11.7. The van der Waals surface area contributed by atoms with Crippen LogP contribution in [-0.4, -0.2) is 56.3 Å². The fourth-order valence-electron chi connectivity index (χ4n) is 4.68. The van der Waals surface area contributed by atoms with Crippen LogP contribution in [0.15, 0.2) is 41.6 Å². The molecule has 194 valence electrons. The van der Waals surface area contributed by atoms with Gasteiger partial charge in [0.2, 0.25) is 16.0 Å². The molecule has 0 radical (unpaired) electrons. The van der Waals surface area contributed by atoms with Crippen LogP contribution in [0, 0.1) is 11.8 Å². The summed E-state index contributed by atoms with van der Waals surface area (Å²) in [6, 6.07) is 6.17. The lowest BCUT2D eigenvalue weighted by Crippen LogP contribution is -2.47. The Morgan fingerprint density at radius 3 is 2.53 bits per heavy atom. The van der Waals surface area contributed by atoms with Crippen molar-refractivity contribution in [3.8, 4) is 0 Å². The average Bonchev–Trinajstić information content (AvgIpc) is 3.19. The van der Waals surface area contributed by atoms with Gasteiger partial charge in [-0.25, -0.2) is 28.0 Å². The number of primary sulfonamides is 1. The van der Waals surface area contributed by atoms with Crippen molar-refractivity contribution < 1.29 is 18.3 Å². The smallest absolute Gasteiger partial charge is 0.407 e. The molecule has 1 aliphatic rings. The third kappa shape index (κ3) is 6.11. The molecular formula is C24H33N7O4S. The SMILES string of the molecule is CC(C)(C)N(C[C@H]1CC[C@H](Cn2ncc3cnc(Nc4cccc(S(N)(=O)=O)c4)nc32)CC1)C(=O)O. The zero-order valence-corrected chi connectivity index (χ0v) is 21.6. The summed E-state index contributed by atoms with van der Waals surface area (Å²) in [5, 5.41) is 23.2. The molecule has 0 aliphatic heterocycles. The van der Waals surface area contributed by atoms with Gasteiger partial charge in [0.05, 0.1) is 16.5 Å². The van der Waals surface area contributed by atoms with E-state index in [1.165, 1.54) is 12.1 Å². The standard InChI is InChI=1S/C24H33N7O4S/c1-24(2,3)30(23(32)33)14-16-7-9-17(10-8-16)15-31-21-18(13-27-31)12-26-22(29-21)28-19-5-4-6-20(11-19)36(25,34)35/h4-6,11-13,16-17H,7-10,14-15H2,1-3H3,(H,32,33)(H2,25,34,35)(H,26,28,29)/t16-,17-. The highest BCUT2D eigenvalue weighted by Crippen LogP contribution is 2.32. The first-order chi connectivity index (χ1) is 16.9. The van der Waals surface area contributed by atoms with Gasteiger partial charge in [-0.3, -0.25) is 0 Å². The molecule has 4 N–H and O–H groups in total. The normalized spacial score (nSPS) is 18.8. The molecule has 0 atom stereocenters. The number of nitrogens with two attached hydrogens (primary N) is 1. The summed E-state index contributed by atoms with van der Waals surface area (Å²) in [5.41, 5.74) is 0.792. The number of hydrogen-bond acceptors (Lipinski definition) is 7. The van der Waals surface area contributed by atoms with Crippen molar-refractivity contribution in [3.05, 3.63) is 36.7 Å². The van der Waals surface area contributed by atoms with Crippen molar-refractivity contribution in [3.63, 3.8) is 0 Å². The minimum atomic E-state index is -3.82. The van der Waals surface area contributed by atoms with Gasteiger partial charge >= 0.3 is 6.09 Å². The number of anilines is 2. The van der Waals surface area contributed by atoms with Crippen molar-refractivity contribution >= 4 is 38.8 Å². The molecule has 1 aromatic carbocycles. The Morgan fingerprint density at radius 2 is 1.89 bits per heavy atom. The van der Waals surface area contributed by atoms with Crippen molar-refractivity contribution in [2.75, 3.05) is 11.9 Å². The second-order valence-electron chi connectivity index (χ2n) is 10.4. The lowest BCUT2D eigenvalue weighted by molar-refractivity contribution is 0.0789. The molecule has 3 aromatic rings. The van der Waals surface area contributed by atoms with Crippen LogP contribution in [0.3, 0.4) is 0 Å². The quantitative estimate of drug-likeness (QED) is 0.429. The Hall–Kier alpha value is -3.25. The zero-order chi connectivity index (χ0) is 26.1. The van der Waals surface area contributed by atoms with Crippen molar-refractivity contribution in [1.82, 2.24) is 24.6 Å². The van der Waals surface area contributed by atoms with Crippen molar-refractivity contribution in [1.29, 1.82) is 0 Å². The average molecular weight is 516 g/mol. The lowest BCUT2D eigenvalue weighted by Gasteiger charge is -2.38. The Balaban J connectivity index is 1.41. The fraction of sp³-hybridized carbons (Fsp3) is 0.500. The van der Waals surface area contributed by atoms with Gasteiger partial charge in [-0.1, -0.05) is 6.07 Å². The van der Waals surface area contributed by atoms with E-state index in [2.05, 4.69) is 20.4 Å². The van der Waals surface area contributed by atoms with Gasteiger partial charge in [-0.15, -0.1) is 0 Å². The topological polar surface area (TPSA) is 156 Å². The van der Waals surface area contributed by atoms with Crippen LogP contribution in [0.5, 0.6) is 0 Å². The summed E-state index contributed by atoms with van der Waals surface area (Å²) in [5.74, 6) is 1.11. The number of carboxylic acid groups (broad SMARTS) is 1. The van der Waals surface area contributed by atoms with Gasteiger partial charge in [0.1, 0.15) is 0 Å². The number of amides is 1. The molecule has 0 unspecified atom stereocenters. The van der Waals surface area contributed by atoms with Crippen LogP contribution < -0.4 is 10.5 Å². The molecule has 1 saturated carbocycles. The number of nitrogens with one attached hydrogen (secondary N) is 1. The fourth-order valence-corrected chi connectivity index (χ4v) is 5.24. The molecule has 2 aromatic heterocycles. The summed E-state index contributed by atoms with van der Waals surface area (Å²) in [4.78, 5) is 22.2. The van der Waals surface area contributed by atoms with E-state index in [0.717, 1.165) is 37.6 Å². The molecule has 1 aliphatic carbocycles. The van der Waals surface area contributed by atoms with Gasteiger partial charge in [0.25, 0.3) is 0 Å². The molecule has 11 nitrogen and oxygen atoms in total. The number of benzene rings is 1. The number of aromatic nitrogens is 4. The maximum absolute atomic E-state index is 11.7. The monoisotopic (exact) mass is 515 g/mol. The van der Waals surface area contributed by atoms with Crippen LogP contribution in [0.1, 0.15) is 46.5 Å². The number of rotatable bonds is 7. The first-order valence-corrected chi connectivity index (χ1v) is 13.5. The van der Waals surface area contributed by atoms with E-state index in [9.17, 15) is 18.3 Å². The molecule has 36 heavy (non-hydrogen) atoms. The molecule has 0 spiro atoms. The van der Waals surface area contributed by atoms with Gasteiger partial charge < -0.3 is 15.3 Å². The van der Waals surface area contributed by atoms with Gasteiger partial charge in [0.15, 0.2) is 5.65 Å². The number of nitrogens with zero attached hydrogens (tertiary/aromatic N) is 5. The predicted octanol–water partition coefficient (Wildman–Crippen LogP) is 3.80. The molecule has 1 fully saturated rings. The van der Waals surface area contributed by atoms with E-state index < -0.39 is 21.7 Å². The number of fused-ring (bicyclic) bond motifs is 1. The predicted molar refractivity (Wildman–Crippen MR) is 136 cm³/mol. The second-order valence-corrected chi connectivity index (χ2v) is 12.0. The van der Waals surface area contributed by atoms with E-state index >= 15 is 0 Å². The molecule has 0 saturated heterocycles. The lowest BCUT2D eigenvalue weighted by atomic mass is 9.81. The summed E-state index contributed by atoms with van der Waals surface area (Å²) in [7, 11) is -3.82. The third-order valence-corrected chi connectivity index (χ3v) is 7.59. The van der Waals surface area contributed by atoms with E-state index in [0.29, 0.717) is 35.7 Å². The Kier molecular flexibility index (Phi) is 7.19. The van der Waals surface area contributed by atoms with Gasteiger partial charge in [-0.05, 0) is 76.5 Å². The summed E-state index contributed by atoms with van der Waals surface area (Å²) >= 11 is 0. The first-order valence-electron chi connectivity index (χ1n) is 12.0. The molecule has 2 heterocycles. The minimum Gasteiger partial charge on any atom is -0.465 e. The Bertz CT molecular complexity index is 1340. The van der Waals surface area contributed by atoms with E-state index in [1.54, 1.807) is 29.4 Å². The van der Waals surface area contributed by atoms with E-state index in [4.69, 9.17) is 5.14 Å². The largest absolute Gasteiger partial charge is 0.465 e. The second kappa shape index (κ2) is 10.0. The first kappa shape index (κ1) is 25.8. The van der Waals surface area contributed by atoms with Crippen LogP contribution in [-0.2, 0) is 16.6 Å². The van der Waals surface area contributed by atoms with E-state index in [1.807, 2.05) is 25.5 Å². The molecule has 4 rings (SSSR count). The summed E-state index contributed by atoms with van der Waals surface area (Å²) < 4.78 is 25.2. The van der Waals surface area contributed by atoms with Crippen LogP contribution in [0.25, 0.3) is 11.0 Å². The zero-order valence-electron chi connectivity index (χ0n) is 20.8. The minimum absolute atomic E-state index is 0.00296. The van der Waals surface area contributed by atoms with E-state index in [-0.39, 0.29) is 4.90 Å². The maximum Gasteiger partial charge on any atom is 0.407 e. The molecular weight excluding hydrogens is 482 g/mol. The Morgan fingerprint density at radius 1 is 1.19 bits per heavy atom. The van der Waals surface area contributed by atoms with Crippen molar-refractivity contribution in [2.45, 2.75) is 63.4 Å². The summed E-state index contributed by atoms with van der Waals surface area (Å²) in [6.45, 7) is 7.06. The van der Waals surface area contributed by atoms with Crippen LogP contribution >= 0.6 is 0 Å². The van der Waals surface area contributed by atoms with Crippen LogP contribution in [0.2, 0.25) is 0 Å². The van der Waals surface area contributed by atoms with Gasteiger partial charge in [0, 0.05) is 30.5 Å². The van der Waals surface area contributed by atoms with Gasteiger partial charge in [-0.2, -0.15) is 10.1 Å². The van der Waals surface area contributed by atoms with Crippen molar-refractivity contribution in [2.24, 2.45) is 17.0 Å².